The molecule has 0 aliphatic carbocycles. The van der Waals surface area contributed by atoms with E-state index in [4.69, 9.17) is 5.26 Å². The highest BCUT2D eigenvalue weighted by Crippen LogP contribution is 1.99. The molecule has 0 aromatic heterocycles. The van der Waals surface area contributed by atoms with Crippen LogP contribution in [0.15, 0.2) is 0 Å². The third kappa shape index (κ3) is 6.21. The van der Waals surface area contributed by atoms with Gasteiger partial charge in [0.25, 0.3) is 0 Å². The summed E-state index contributed by atoms with van der Waals surface area (Å²) in [4.78, 5) is 2.16. The Morgan fingerprint density at radius 2 is 2.18 bits per heavy atom. The van der Waals surface area contributed by atoms with E-state index in [0.29, 0.717) is 6.54 Å². The van der Waals surface area contributed by atoms with Crippen LogP contribution in [0.2, 0.25) is 0 Å². The van der Waals surface area contributed by atoms with Crippen molar-refractivity contribution in [3.63, 3.8) is 0 Å². The van der Waals surface area contributed by atoms with Gasteiger partial charge in [-0.05, 0) is 12.3 Å². The Bertz CT molecular complexity index is 120. The molecule has 0 aliphatic rings. The zero-order valence-corrected chi connectivity index (χ0v) is 8.15. The predicted octanol–water partition coefficient (Wildman–Crippen LogP) is 1.58. The monoisotopic (exact) mass is 172 g/mol. The van der Waals surface area contributed by atoms with Gasteiger partial charge in [0, 0.05) is 12.3 Å². The molecule has 0 aromatic rings. The van der Waals surface area contributed by atoms with E-state index >= 15 is 0 Å². The summed E-state index contributed by atoms with van der Waals surface area (Å²) < 4.78 is 0. The third-order valence-corrected chi connectivity index (χ3v) is 2.38. The highest BCUT2D eigenvalue weighted by molar-refractivity contribution is 7.99. The van der Waals surface area contributed by atoms with E-state index in [9.17, 15) is 0 Å². The lowest BCUT2D eigenvalue weighted by molar-refractivity contribution is 0.344. The molecule has 11 heavy (non-hydrogen) atoms. The predicted molar refractivity (Wildman–Crippen MR) is 50.7 cm³/mol. The van der Waals surface area contributed by atoms with Gasteiger partial charge in [-0.15, -0.1) is 0 Å². The second kappa shape index (κ2) is 7.90. The van der Waals surface area contributed by atoms with Crippen LogP contribution in [-0.4, -0.2) is 36.0 Å². The molecule has 0 heterocycles. The van der Waals surface area contributed by atoms with Crippen molar-refractivity contribution in [3.05, 3.63) is 0 Å². The average molecular weight is 172 g/mol. The maximum absolute atomic E-state index is 8.43. The molecule has 0 unspecified atom stereocenters. The van der Waals surface area contributed by atoms with Gasteiger partial charge in [0.1, 0.15) is 0 Å². The maximum Gasteiger partial charge on any atom is 0.0866 e. The zero-order valence-electron chi connectivity index (χ0n) is 7.34. The van der Waals surface area contributed by atoms with Gasteiger partial charge in [-0.3, -0.25) is 4.90 Å². The van der Waals surface area contributed by atoms with Crippen LogP contribution in [0, 0.1) is 11.3 Å². The largest absolute Gasteiger partial charge is 0.290 e. The lowest BCUT2D eigenvalue weighted by Crippen LogP contribution is -2.26. The Morgan fingerprint density at radius 1 is 1.45 bits per heavy atom. The Morgan fingerprint density at radius 3 is 2.64 bits per heavy atom. The smallest absolute Gasteiger partial charge is 0.0866 e. The van der Waals surface area contributed by atoms with E-state index in [1.165, 1.54) is 5.75 Å². The molecule has 0 bridgehead atoms. The minimum absolute atomic E-state index is 0.570. The Balaban J connectivity index is 3.30. The SMILES string of the molecule is CCSCCN(CC)CC#N. The molecule has 0 spiro atoms. The molecule has 2 nitrogen and oxygen atoms in total. The van der Waals surface area contributed by atoms with E-state index in [2.05, 4.69) is 24.8 Å². The summed E-state index contributed by atoms with van der Waals surface area (Å²) in [5.41, 5.74) is 0. The molecule has 0 aliphatic heterocycles. The fourth-order valence-corrected chi connectivity index (χ4v) is 1.46. The van der Waals surface area contributed by atoms with Gasteiger partial charge in [0.2, 0.25) is 0 Å². The second-order valence-corrected chi connectivity index (χ2v) is 3.62. The van der Waals surface area contributed by atoms with Gasteiger partial charge in [0.15, 0.2) is 0 Å². The molecule has 0 atom stereocenters. The van der Waals surface area contributed by atoms with E-state index in [1.807, 2.05) is 11.8 Å². The molecule has 0 amide bonds. The van der Waals surface area contributed by atoms with Crippen LogP contribution >= 0.6 is 11.8 Å². The van der Waals surface area contributed by atoms with Crippen molar-refractivity contribution in [2.75, 3.05) is 31.1 Å². The Labute approximate surface area is 73.6 Å². The number of nitriles is 1. The first kappa shape index (κ1) is 10.8. The van der Waals surface area contributed by atoms with Crippen molar-refractivity contribution in [1.29, 1.82) is 5.26 Å². The van der Waals surface area contributed by atoms with Crippen molar-refractivity contribution in [3.8, 4) is 6.07 Å². The average Bonchev–Trinajstić information content (AvgIpc) is 2.03. The zero-order chi connectivity index (χ0) is 8.53. The van der Waals surface area contributed by atoms with Crippen LogP contribution < -0.4 is 0 Å². The molecule has 64 valence electrons. The number of hydrogen-bond acceptors (Lipinski definition) is 3. The van der Waals surface area contributed by atoms with E-state index < -0.39 is 0 Å². The van der Waals surface area contributed by atoms with Gasteiger partial charge in [-0.2, -0.15) is 17.0 Å². The summed E-state index contributed by atoms with van der Waals surface area (Å²) in [5, 5.41) is 8.43. The minimum Gasteiger partial charge on any atom is -0.290 e. The molecular weight excluding hydrogens is 156 g/mol. The first-order chi connectivity index (χ1) is 5.35. The van der Waals surface area contributed by atoms with Gasteiger partial charge in [-0.25, -0.2) is 0 Å². The molecule has 0 radical (unpaired) electrons. The number of thioether (sulfide) groups is 1. The Hall–Kier alpha value is -0.200. The molecular formula is C8H16N2S. The summed E-state index contributed by atoms with van der Waals surface area (Å²) >= 11 is 1.93. The quantitative estimate of drug-likeness (QED) is 0.449. The summed E-state index contributed by atoms with van der Waals surface area (Å²) in [5.74, 6) is 2.32. The topological polar surface area (TPSA) is 27.0 Å². The van der Waals surface area contributed by atoms with Crippen LogP contribution in [0.3, 0.4) is 0 Å². The molecule has 0 fully saturated rings. The molecule has 3 heteroatoms. The molecule has 0 aromatic carbocycles. The fourth-order valence-electron chi connectivity index (χ4n) is 0.787. The van der Waals surface area contributed by atoms with Gasteiger partial charge in [0.05, 0.1) is 12.6 Å². The van der Waals surface area contributed by atoms with Gasteiger partial charge >= 0.3 is 0 Å². The van der Waals surface area contributed by atoms with Crippen molar-refractivity contribution < 1.29 is 0 Å². The van der Waals surface area contributed by atoms with Gasteiger partial charge < -0.3 is 0 Å². The summed E-state index contributed by atoms with van der Waals surface area (Å²) in [7, 11) is 0. The minimum atomic E-state index is 0.570. The lowest BCUT2D eigenvalue weighted by atomic mass is 10.5. The number of hydrogen-bond donors (Lipinski definition) is 0. The Kier molecular flexibility index (Phi) is 7.76. The maximum atomic E-state index is 8.43. The van der Waals surface area contributed by atoms with Crippen LogP contribution in [0.1, 0.15) is 13.8 Å². The van der Waals surface area contributed by atoms with Crippen molar-refractivity contribution in [2.45, 2.75) is 13.8 Å². The molecule has 0 saturated carbocycles. The van der Waals surface area contributed by atoms with Crippen LogP contribution in [0.25, 0.3) is 0 Å². The standard InChI is InChI=1S/C8H16N2S/c1-3-10(6-5-9)7-8-11-4-2/h3-4,6-8H2,1-2H3. The van der Waals surface area contributed by atoms with Crippen molar-refractivity contribution >= 4 is 11.8 Å². The lowest BCUT2D eigenvalue weighted by Gasteiger charge is -2.15. The third-order valence-electron chi connectivity index (χ3n) is 1.50. The molecule has 0 rings (SSSR count). The van der Waals surface area contributed by atoms with Crippen LogP contribution in [0.4, 0.5) is 0 Å². The summed E-state index contributed by atoms with van der Waals surface area (Å²) in [6.07, 6.45) is 0. The van der Waals surface area contributed by atoms with E-state index in [-0.39, 0.29) is 0 Å². The second-order valence-electron chi connectivity index (χ2n) is 2.22. The highest BCUT2D eigenvalue weighted by atomic mass is 32.2. The van der Waals surface area contributed by atoms with Crippen LogP contribution in [-0.2, 0) is 0 Å². The molecule has 0 saturated heterocycles. The van der Waals surface area contributed by atoms with E-state index in [0.717, 1.165) is 18.8 Å². The normalized spacial score (nSPS) is 10.0. The highest BCUT2D eigenvalue weighted by Gasteiger charge is 1.98. The molecule has 0 N–H and O–H groups in total. The fraction of sp³-hybridized carbons (Fsp3) is 0.875. The van der Waals surface area contributed by atoms with Crippen molar-refractivity contribution in [2.24, 2.45) is 0 Å². The summed E-state index contributed by atoms with van der Waals surface area (Å²) in [6.45, 7) is 6.85. The number of rotatable bonds is 6. The van der Waals surface area contributed by atoms with Gasteiger partial charge in [-0.1, -0.05) is 13.8 Å². The van der Waals surface area contributed by atoms with Crippen molar-refractivity contribution in [1.82, 2.24) is 4.90 Å². The first-order valence-corrected chi connectivity index (χ1v) is 5.17. The first-order valence-electron chi connectivity index (χ1n) is 4.02. The summed E-state index contributed by atoms with van der Waals surface area (Å²) in [6, 6.07) is 2.16. The van der Waals surface area contributed by atoms with Crippen LogP contribution in [0.5, 0.6) is 0 Å². The number of nitrogens with zero attached hydrogens (tertiary/aromatic N) is 2. The van der Waals surface area contributed by atoms with E-state index in [1.54, 1.807) is 0 Å².